The number of carbonyl (C=O) groups is 2. The molecule has 11 nitrogen and oxygen atoms in total. The van der Waals surface area contributed by atoms with Crippen LogP contribution in [0.25, 0.3) is 17.1 Å². The molecule has 1 aliphatic heterocycles. The van der Waals surface area contributed by atoms with E-state index >= 15 is 4.39 Å². The summed E-state index contributed by atoms with van der Waals surface area (Å²) in [6.45, 7) is 5.37. The zero-order chi connectivity index (χ0) is 33.7. The number of rotatable bonds is 8. The summed E-state index contributed by atoms with van der Waals surface area (Å²) in [4.78, 5) is 43.8. The van der Waals surface area contributed by atoms with Gasteiger partial charge in [0.05, 0.1) is 24.0 Å². The Morgan fingerprint density at radius 1 is 1.08 bits per heavy atom. The van der Waals surface area contributed by atoms with Crippen molar-refractivity contribution < 1.29 is 23.1 Å². The maximum atomic E-state index is 15.2. The van der Waals surface area contributed by atoms with Crippen LogP contribution in [0.4, 0.5) is 4.39 Å². The molecule has 13 heteroatoms. The van der Waals surface area contributed by atoms with Gasteiger partial charge >= 0.3 is 5.69 Å². The molecule has 2 amide bonds. The molecule has 0 spiro atoms. The summed E-state index contributed by atoms with van der Waals surface area (Å²) >= 11 is 3.49. The summed E-state index contributed by atoms with van der Waals surface area (Å²) in [6.07, 6.45) is 2.20. The minimum absolute atomic E-state index is 0.00912. The Hall–Kier alpha value is -5.04. The standard InChI is InChI=1S/C35H32BrFN6O5/c1-19-15-22(7-14-28(19)36)34(45)41-18-30-31(32(44)38-16-27-26(5-4-6-29(27)37)33-40-39-21(3)47-33)43(35(46)42(30)17-20(41)2)23-8-10-24(11-9-23)48-25-12-13-25/h4-11,14-15,20,25H,12-13,16-18H2,1-3H3,(H,38,44). The summed E-state index contributed by atoms with van der Waals surface area (Å²) in [6, 6.07) is 16.5. The summed E-state index contributed by atoms with van der Waals surface area (Å²) < 4.78 is 30.4. The number of hydrogen-bond acceptors (Lipinski definition) is 7. The first-order valence-electron chi connectivity index (χ1n) is 15.6. The quantitative estimate of drug-likeness (QED) is 0.218. The Kier molecular flexibility index (Phi) is 8.24. The SMILES string of the molecule is Cc1nnc(-c2cccc(F)c2CNC(=O)c2c3n(c(=O)n2-c2ccc(OC4CC4)cc2)CC(C)N(C(=O)c2ccc(Br)c(C)c2)C3)o1. The molecule has 2 aromatic heterocycles. The van der Waals surface area contributed by atoms with Crippen molar-refractivity contribution in [3.63, 3.8) is 0 Å². The Morgan fingerprint density at radius 3 is 2.54 bits per heavy atom. The molecule has 0 saturated heterocycles. The van der Waals surface area contributed by atoms with Gasteiger partial charge in [-0.2, -0.15) is 0 Å². The maximum Gasteiger partial charge on any atom is 0.333 e. The van der Waals surface area contributed by atoms with E-state index in [4.69, 9.17) is 9.15 Å². The highest BCUT2D eigenvalue weighted by Gasteiger charge is 2.35. The highest BCUT2D eigenvalue weighted by molar-refractivity contribution is 9.10. The summed E-state index contributed by atoms with van der Waals surface area (Å²) in [7, 11) is 0. The number of hydrogen-bond donors (Lipinski definition) is 1. The number of nitrogens with zero attached hydrogens (tertiary/aromatic N) is 5. The molecule has 0 bridgehead atoms. The Labute approximate surface area is 283 Å². The monoisotopic (exact) mass is 714 g/mol. The second-order valence-electron chi connectivity index (χ2n) is 12.2. The first-order valence-corrected chi connectivity index (χ1v) is 16.4. The van der Waals surface area contributed by atoms with Gasteiger partial charge in [-0.25, -0.2) is 9.18 Å². The van der Waals surface area contributed by atoms with E-state index in [1.165, 1.54) is 16.7 Å². The van der Waals surface area contributed by atoms with Gasteiger partial charge in [-0.1, -0.05) is 22.0 Å². The van der Waals surface area contributed by atoms with E-state index in [9.17, 15) is 14.4 Å². The molecule has 2 aliphatic rings. The minimum atomic E-state index is -0.614. The highest BCUT2D eigenvalue weighted by Crippen LogP contribution is 2.30. The molecule has 1 saturated carbocycles. The van der Waals surface area contributed by atoms with Crippen molar-refractivity contribution in [2.45, 2.75) is 65.4 Å². The fourth-order valence-electron chi connectivity index (χ4n) is 5.95. The van der Waals surface area contributed by atoms with E-state index in [0.29, 0.717) is 34.1 Å². The second-order valence-corrected chi connectivity index (χ2v) is 13.0. The topological polar surface area (TPSA) is 124 Å². The van der Waals surface area contributed by atoms with Crippen LogP contribution in [0.5, 0.6) is 5.75 Å². The van der Waals surface area contributed by atoms with Gasteiger partial charge < -0.3 is 19.4 Å². The Balaban J connectivity index is 1.27. The van der Waals surface area contributed by atoms with Crippen LogP contribution < -0.4 is 15.7 Å². The number of aryl methyl sites for hydroxylation is 2. The van der Waals surface area contributed by atoms with Gasteiger partial charge in [0, 0.05) is 47.2 Å². The number of nitrogens with one attached hydrogen (secondary N) is 1. The number of aromatic nitrogens is 4. The first-order chi connectivity index (χ1) is 23.1. The van der Waals surface area contributed by atoms with Crippen molar-refractivity contribution in [1.82, 2.24) is 29.5 Å². The minimum Gasteiger partial charge on any atom is -0.490 e. The number of halogens is 2. The van der Waals surface area contributed by atoms with Crippen LogP contribution in [0.1, 0.15) is 63.3 Å². The Bertz CT molecular complexity index is 2120. The number of imidazole rings is 1. The smallest absolute Gasteiger partial charge is 0.333 e. The highest BCUT2D eigenvalue weighted by atomic mass is 79.9. The van der Waals surface area contributed by atoms with Crippen LogP contribution in [-0.4, -0.2) is 48.2 Å². The van der Waals surface area contributed by atoms with E-state index in [1.807, 2.05) is 26.0 Å². The molecule has 1 atom stereocenters. The fourth-order valence-corrected chi connectivity index (χ4v) is 6.20. The molecular formula is C35H32BrFN6O5. The molecule has 1 N–H and O–H groups in total. The van der Waals surface area contributed by atoms with Crippen molar-refractivity contribution >= 4 is 27.7 Å². The molecule has 3 aromatic carbocycles. The van der Waals surface area contributed by atoms with E-state index in [-0.39, 0.29) is 54.8 Å². The molecule has 7 rings (SSSR count). The molecule has 246 valence electrons. The third kappa shape index (κ3) is 5.94. The summed E-state index contributed by atoms with van der Waals surface area (Å²) in [5, 5.41) is 10.7. The number of benzene rings is 3. The summed E-state index contributed by atoms with van der Waals surface area (Å²) in [5.74, 6) is -0.299. The molecule has 3 heterocycles. The van der Waals surface area contributed by atoms with Gasteiger partial charge in [-0.15, -0.1) is 10.2 Å². The van der Waals surface area contributed by atoms with Gasteiger partial charge in [0.25, 0.3) is 11.8 Å². The number of carbonyl (C=O) groups excluding carboxylic acids is 2. The fraction of sp³-hybridized carbons (Fsp3) is 0.286. The second kappa shape index (κ2) is 12.5. The lowest BCUT2D eigenvalue weighted by Gasteiger charge is -2.34. The van der Waals surface area contributed by atoms with Crippen molar-refractivity contribution in [2.24, 2.45) is 0 Å². The number of ether oxygens (including phenoxy) is 1. The predicted molar refractivity (Wildman–Crippen MR) is 177 cm³/mol. The van der Waals surface area contributed by atoms with Crippen LogP contribution in [-0.2, 0) is 19.6 Å². The lowest BCUT2D eigenvalue weighted by atomic mass is 10.1. The lowest BCUT2D eigenvalue weighted by Crippen LogP contribution is -2.47. The van der Waals surface area contributed by atoms with E-state index in [1.54, 1.807) is 52.8 Å². The third-order valence-corrected chi connectivity index (χ3v) is 9.54. The van der Waals surface area contributed by atoms with Crippen molar-refractivity contribution in [2.75, 3.05) is 0 Å². The van der Waals surface area contributed by atoms with E-state index in [2.05, 4.69) is 31.4 Å². The van der Waals surface area contributed by atoms with E-state index < -0.39 is 17.4 Å². The molecule has 1 fully saturated rings. The van der Waals surface area contributed by atoms with Gasteiger partial charge in [0.2, 0.25) is 11.8 Å². The zero-order valence-corrected chi connectivity index (χ0v) is 28.1. The molecule has 5 aromatic rings. The van der Waals surface area contributed by atoms with Gasteiger partial charge in [-0.3, -0.25) is 18.7 Å². The van der Waals surface area contributed by atoms with Crippen LogP contribution in [0.15, 0.2) is 74.3 Å². The van der Waals surface area contributed by atoms with Crippen molar-refractivity contribution in [3.8, 4) is 22.9 Å². The third-order valence-electron chi connectivity index (χ3n) is 8.65. The average molecular weight is 716 g/mol. The molecular weight excluding hydrogens is 683 g/mol. The number of amides is 2. The average Bonchev–Trinajstić information content (AvgIpc) is 3.71. The maximum absolute atomic E-state index is 15.2. The number of fused-ring (bicyclic) bond motifs is 1. The van der Waals surface area contributed by atoms with E-state index in [0.717, 1.165) is 22.9 Å². The van der Waals surface area contributed by atoms with Crippen LogP contribution in [0.2, 0.25) is 0 Å². The molecule has 1 aliphatic carbocycles. The van der Waals surface area contributed by atoms with Gasteiger partial charge in [0.15, 0.2) is 0 Å². The largest absolute Gasteiger partial charge is 0.490 e. The zero-order valence-electron chi connectivity index (χ0n) is 26.5. The van der Waals surface area contributed by atoms with Crippen molar-refractivity contribution in [3.05, 3.63) is 115 Å². The van der Waals surface area contributed by atoms with Crippen LogP contribution >= 0.6 is 15.9 Å². The van der Waals surface area contributed by atoms with Gasteiger partial charge in [0.1, 0.15) is 17.3 Å². The summed E-state index contributed by atoms with van der Waals surface area (Å²) in [5.41, 5.74) is 2.36. The molecule has 0 radical (unpaired) electrons. The first kappa shape index (κ1) is 31.6. The predicted octanol–water partition coefficient (Wildman–Crippen LogP) is 5.72. The Morgan fingerprint density at radius 2 is 1.85 bits per heavy atom. The van der Waals surface area contributed by atoms with Gasteiger partial charge in [-0.05, 0) is 86.8 Å². The molecule has 48 heavy (non-hydrogen) atoms. The van der Waals surface area contributed by atoms with Crippen LogP contribution in [0, 0.1) is 19.7 Å². The van der Waals surface area contributed by atoms with Crippen molar-refractivity contribution in [1.29, 1.82) is 0 Å². The normalized spacial score (nSPS) is 15.7. The lowest BCUT2D eigenvalue weighted by molar-refractivity contribution is 0.0610. The van der Waals surface area contributed by atoms with Crippen LogP contribution in [0.3, 0.4) is 0 Å². The molecule has 1 unspecified atom stereocenters.